The first-order valence-electron chi connectivity index (χ1n) is 8.40. The fraction of sp³-hybridized carbons (Fsp3) is 0.391. The van der Waals surface area contributed by atoms with Crippen molar-refractivity contribution in [3.8, 4) is 11.8 Å². The van der Waals surface area contributed by atoms with Gasteiger partial charge in [-0.3, -0.25) is 4.90 Å². The molecule has 0 bridgehead atoms. The summed E-state index contributed by atoms with van der Waals surface area (Å²) in [5.41, 5.74) is 5.87. The Morgan fingerprint density at radius 2 is 1.62 bits per heavy atom. The molecule has 24 heavy (non-hydrogen) atoms. The van der Waals surface area contributed by atoms with E-state index in [1.165, 1.54) is 16.7 Å². The Morgan fingerprint density at radius 1 is 1.08 bits per heavy atom. The summed E-state index contributed by atoms with van der Waals surface area (Å²) in [6, 6.07) is 6.60. The zero-order chi connectivity index (χ0) is 18.3. The molecule has 0 atom stereocenters. The average Bonchev–Trinajstić information content (AvgIpc) is 2.45. The van der Waals surface area contributed by atoms with Crippen molar-refractivity contribution in [2.75, 3.05) is 13.6 Å². The van der Waals surface area contributed by atoms with Crippen molar-refractivity contribution in [3.63, 3.8) is 0 Å². The highest BCUT2D eigenvalue weighted by Crippen LogP contribution is 2.22. The first-order chi connectivity index (χ1) is 11.1. The third-order valence-electron chi connectivity index (χ3n) is 3.50. The highest BCUT2D eigenvalue weighted by atomic mass is 15.1. The van der Waals surface area contributed by atoms with Crippen LogP contribution in [0.5, 0.6) is 0 Å². The maximum absolute atomic E-state index is 4.07. The van der Waals surface area contributed by atoms with Gasteiger partial charge in [0.05, 0.1) is 0 Å². The largest absolute Gasteiger partial charge is 0.298 e. The summed E-state index contributed by atoms with van der Waals surface area (Å²) in [6.07, 6.45) is 4.06. The number of benzene rings is 1. The van der Waals surface area contributed by atoms with E-state index < -0.39 is 0 Å². The summed E-state index contributed by atoms with van der Waals surface area (Å²) in [5.74, 6) is 6.32. The lowest BCUT2D eigenvalue weighted by molar-refractivity contribution is 0.363. The number of allylic oxidation sites excluding steroid dienone is 3. The highest BCUT2D eigenvalue weighted by molar-refractivity contribution is 5.69. The van der Waals surface area contributed by atoms with Crippen LogP contribution in [-0.2, 0) is 6.54 Å². The van der Waals surface area contributed by atoms with E-state index in [9.17, 15) is 0 Å². The monoisotopic (exact) mass is 321 g/mol. The molecule has 0 fully saturated rings. The molecule has 0 saturated heterocycles. The summed E-state index contributed by atoms with van der Waals surface area (Å²) in [6.45, 7) is 20.3. The lowest BCUT2D eigenvalue weighted by Gasteiger charge is -2.16. The predicted octanol–water partition coefficient (Wildman–Crippen LogP) is 5.79. The Hall–Kier alpha value is -2.04. The van der Waals surface area contributed by atoms with Gasteiger partial charge in [0.1, 0.15) is 0 Å². The van der Waals surface area contributed by atoms with Gasteiger partial charge < -0.3 is 0 Å². The van der Waals surface area contributed by atoms with Crippen molar-refractivity contribution >= 4 is 11.1 Å². The molecule has 1 heteroatoms. The van der Waals surface area contributed by atoms with Crippen LogP contribution in [0.25, 0.3) is 11.1 Å². The van der Waals surface area contributed by atoms with Gasteiger partial charge in [0.2, 0.25) is 0 Å². The topological polar surface area (TPSA) is 3.24 Å². The fourth-order valence-corrected chi connectivity index (χ4v) is 2.20. The van der Waals surface area contributed by atoms with Crippen LogP contribution in [0, 0.1) is 17.3 Å². The summed E-state index contributed by atoms with van der Waals surface area (Å²) in [5, 5.41) is 0. The van der Waals surface area contributed by atoms with E-state index in [0.29, 0.717) is 0 Å². The molecule has 0 spiro atoms. The van der Waals surface area contributed by atoms with Gasteiger partial charge >= 0.3 is 0 Å². The van der Waals surface area contributed by atoms with Crippen molar-refractivity contribution in [3.05, 3.63) is 60.2 Å². The number of likely N-dealkylation sites (N-methyl/N-ethyl adjacent to an activating group) is 1. The highest BCUT2D eigenvalue weighted by Gasteiger charge is 2.05. The van der Waals surface area contributed by atoms with Gasteiger partial charge in [-0.25, -0.2) is 0 Å². The Morgan fingerprint density at radius 3 is 2.08 bits per heavy atom. The molecule has 0 heterocycles. The number of nitrogens with zero attached hydrogens (tertiary/aromatic N) is 1. The van der Waals surface area contributed by atoms with Gasteiger partial charge in [-0.1, -0.05) is 54.4 Å². The fourth-order valence-electron chi connectivity index (χ4n) is 2.20. The summed E-state index contributed by atoms with van der Waals surface area (Å²) < 4.78 is 0. The van der Waals surface area contributed by atoms with Crippen LogP contribution in [0.4, 0.5) is 0 Å². The van der Waals surface area contributed by atoms with Crippen molar-refractivity contribution in [2.24, 2.45) is 5.41 Å². The van der Waals surface area contributed by atoms with Crippen LogP contribution in [0.15, 0.2) is 43.5 Å². The van der Waals surface area contributed by atoms with Crippen molar-refractivity contribution in [1.82, 2.24) is 4.90 Å². The molecular weight excluding hydrogens is 290 g/mol. The molecule has 0 N–H and O–H groups in total. The standard InChI is InChI=1S/C23H31N/c1-18(2)21-14-20(15-22(16-21)19(3)4)17-24(8)13-11-9-10-12-23(5,6)7/h9,11,14-16H,1,3,13,17H2,2,4-8H3. The van der Waals surface area contributed by atoms with E-state index >= 15 is 0 Å². The summed E-state index contributed by atoms with van der Waals surface area (Å²) >= 11 is 0. The van der Waals surface area contributed by atoms with Gasteiger partial charge in [0.15, 0.2) is 0 Å². The second kappa shape index (κ2) is 8.71. The van der Waals surface area contributed by atoms with Crippen LogP contribution < -0.4 is 0 Å². The first kappa shape index (κ1) is 20.0. The minimum atomic E-state index is 0.0537. The molecular formula is C23H31N. The molecule has 0 aliphatic carbocycles. The summed E-state index contributed by atoms with van der Waals surface area (Å²) in [7, 11) is 2.12. The van der Waals surface area contributed by atoms with Gasteiger partial charge in [0, 0.05) is 18.5 Å². The Kier molecular flexibility index (Phi) is 7.26. The maximum Gasteiger partial charge on any atom is 0.0234 e. The predicted molar refractivity (Wildman–Crippen MR) is 109 cm³/mol. The minimum Gasteiger partial charge on any atom is -0.298 e. The minimum absolute atomic E-state index is 0.0537. The second-order valence-electron chi connectivity index (χ2n) is 7.60. The maximum atomic E-state index is 4.07. The van der Waals surface area contributed by atoms with Crippen molar-refractivity contribution in [1.29, 1.82) is 0 Å². The normalized spacial score (nSPS) is 11.5. The van der Waals surface area contributed by atoms with Crippen LogP contribution in [-0.4, -0.2) is 18.5 Å². The number of rotatable bonds is 6. The molecule has 0 amide bonds. The Bertz CT molecular complexity index is 655. The lowest BCUT2D eigenvalue weighted by Crippen LogP contribution is -2.17. The smallest absolute Gasteiger partial charge is 0.0234 e. The molecule has 0 aliphatic rings. The van der Waals surface area contributed by atoms with E-state index in [-0.39, 0.29) is 5.41 Å². The second-order valence-corrected chi connectivity index (χ2v) is 7.60. The molecule has 0 saturated carbocycles. The Labute approximate surface area is 148 Å². The zero-order valence-electron chi connectivity index (χ0n) is 16.2. The third-order valence-corrected chi connectivity index (χ3v) is 3.50. The SMILES string of the molecule is C=C(C)c1cc(CN(C)CC=CC#CC(C)(C)C)cc(C(=C)C)c1. The van der Waals surface area contributed by atoms with Crippen LogP contribution in [0.1, 0.15) is 51.3 Å². The molecule has 1 aromatic carbocycles. The van der Waals surface area contributed by atoms with Gasteiger partial charge in [-0.05, 0) is 70.5 Å². The molecule has 1 aromatic rings. The molecule has 0 radical (unpaired) electrons. The molecule has 0 unspecified atom stereocenters. The molecule has 1 nitrogen and oxygen atoms in total. The zero-order valence-corrected chi connectivity index (χ0v) is 16.2. The molecule has 0 aromatic heterocycles. The molecule has 128 valence electrons. The third kappa shape index (κ3) is 7.49. The molecule has 0 aliphatic heterocycles. The van der Waals surface area contributed by atoms with Crippen LogP contribution >= 0.6 is 0 Å². The van der Waals surface area contributed by atoms with Crippen LogP contribution in [0.3, 0.4) is 0 Å². The van der Waals surface area contributed by atoms with Crippen LogP contribution in [0.2, 0.25) is 0 Å². The quantitative estimate of drug-likeness (QED) is 0.599. The first-order valence-corrected chi connectivity index (χ1v) is 8.40. The van der Waals surface area contributed by atoms with Gasteiger partial charge in [-0.2, -0.15) is 0 Å². The number of hydrogen-bond acceptors (Lipinski definition) is 1. The van der Waals surface area contributed by atoms with E-state index in [1.54, 1.807) is 0 Å². The van der Waals surface area contributed by atoms with Crippen molar-refractivity contribution in [2.45, 2.75) is 41.2 Å². The summed E-state index contributed by atoms with van der Waals surface area (Å²) in [4.78, 5) is 2.27. The van der Waals surface area contributed by atoms with Crippen molar-refractivity contribution < 1.29 is 0 Å². The Balaban J connectivity index is 2.77. The van der Waals surface area contributed by atoms with E-state index in [2.05, 4.69) is 82.0 Å². The lowest BCUT2D eigenvalue weighted by atomic mass is 9.98. The van der Waals surface area contributed by atoms with Gasteiger partial charge in [0.25, 0.3) is 0 Å². The van der Waals surface area contributed by atoms with Gasteiger partial charge in [-0.15, -0.1) is 0 Å². The van der Waals surface area contributed by atoms with E-state index in [4.69, 9.17) is 0 Å². The van der Waals surface area contributed by atoms with E-state index in [1.807, 2.05) is 19.9 Å². The van der Waals surface area contributed by atoms with E-state index in [0.717, 1.165) is 24.2 Å². The molecule has 1 rings (SSSR count). The number of hydrogen-bond donors (Lipinski definition) is 0. The average molecular weight is 322 g/mol.